The van der Waals surface area contributed by atoms with Crippen molar-refractivity contribution in [2.45, 2.75) is 19.8 Å². The zero-order chi connectivity index (χ0) is 12.0. The van der Waals surface area contributed by atoms with E-state index < -0.39 is 11.6 Å². The molecule has 0 radical (unpaired) electrons. The van der Waals surface area contributed by atoms with Crippen molar-refractivity contribution in [1.29, 1.82) is 0 Å². The largest absolute Gasteiger partial charge is 0.488 e. The van der Waals surface area contributed by atoms with Crippen LogP contribution in [0.1, 0.15) is 19.8 Å². The Hall–Kier alpha value is -0.830. The van der Waals surface area contributed by atoms with Crippen LogP contribution in [0.15, 0.2) is 18.2 Å². The Morgan fingerprint density at radius 2 is 1.88 bits per heavy atom. The van der Waals surface area contributed by atoms with Gasteiger partial charge in [-0.2, -0.15) is 0 Å². The van der Waals surface area contributed by atoms with Crippen LogP contribution in [-0.4, -0.2) is 12.5 Å². The fourth-order valence-electron chi connectivity index (χ4n) is 1.31. The molecule has 1 unspecified atom stereocenters. The number of para-hydroxylation sites is 1. The molecule has 0 spiro atoms. The average molecular weight is 249 g/mol. The lowest BCUT2D eigenvalue weighted by molar-refractivity contribution is 0.258. The number of alkyl halides is 1. The maximum absolute atomic E-state index is 13.1. The minimum Gasteiger partial charge on any atom is -0.488 e. The Labute approximate surface area is 99.4 Å². The topological polar surface area (TPSA) is 9.23 Å². The Morgan fingerprint density at radius 3 is 2.44 bits per heavy atom. The molecule has 0 heterocycles. The number of hydrogen-bond donors (Lipinski definition) is 0. The molecule has 4 heteroatoms. The molecule has 0 aliphatic carbocycles. The third kappa shape index (κ3) is 3.97. The summed E-state index contributed by atoms with van der Waals surface area (Å²) in [4.78, 5) is 0. The minimum absolute atomic E-state index is 0.291. The van der Waals surface area contributed by atoms with E-state index in [1.807, 2.05) is 6.92 Å². The summed E-state index contributed by atoms with van der Waals surface area (Å²) < 4.78 is 31.4. The smallest absolute Gasteiger partial charge is 0.190 e. The van der Waals surface area contributed by atoms with Crippen molar-refractivity contribution in [3.8, 4) is 5.75 Å². The fourth-order valence-corrected chi connectivity index (χ4v) is 1.69. The van der Waals surface area contributed by atoms with Crippen molar-refractivity contribution in [3.05, 3.63) is 29.8 Å². The van der Waals surface area contributed by atoms with Crippen LogP contribution in [0, 0.1) is 17.6 Å². The normalized spacial score (nSPS) is 12.5. The molecule has 0 amide bonds. The highest BCUT2D eigenvalue weighted by Gasteiger charge is 2.10. The Balaban J connectivity index is 2.43. The molecule has 0 aromatic heterocycles. The molecule has 1 atom stereocenters. The van der Waals surface area contributed by atoms with Gasteiger partial charge in [-0.15, -0.1) is 11.6 Å². The zero-order valence-corrected chi connectivity index (χ0v) is 9.94. The van der Waals surface area contributed by atoms with Crippen LogP contribution in [0.5, 0.6) is 5.75 Å². The number of benzene rings is 1. The van der Waals surface area contributed by atoms with E-state index in [9.17, 15) is 8.78 Å². The highest BCUT2D eigenvalue weighted by molar-refractivity contribution is 6.17. The van der Waals surface area contributed by atoms with Crippen molar-refractivity contribution in [3.63, 3.8) is 0 Å². The van der Waals surface area contributed by atoms with E-state index in [1.165, 1.54) is 18.2 Å². The molecule has 0 fully saturated rings. The van der Waals surface area contributed by atoms with Gasteiger partial charge in [-0.25, -0.2) is 8.78 Å². The summed E-state index contributed by atoms with van der Waals surface area (Å²) in [5.74, 6) is -0.627. The second kappa shape index (κ2) is 6.69. The molecule has 0 aliphatic rings. The molecule has 1 nitrogen and oxygen atoms in total. The number of ether oxygens (including phenoxy) is 1. The number of halogens is 3. The summed E-state index contributed by atoms with van der Waals surface area (Å²) in [6, 6.07) is 3.68. The molecule has 0 N–H and O–H groups in total. The Bertz CT molecular complexity index is 311. The summed E-state index contributed by atoms with van der Waals surface area (Å²) in [5, 5.41) is 0. The van der Waals surface area contributed by atoms with E-state index >= 15 is 0 Å². The summed E-state index contributed by atoms with van der Waals surface area (Å²) in [6.45, 7) is 2.33. The van der Waals surface area contributed by atoms with Gasteiger partial charge in [0.15, 0.2) is 17.4 Å². The van der Waals surface area contributed by atoms with E-state index in [0.29, 0.717) is 18.4 Å². The summed E-state index contributed by atoms with van der Waals surface area (Å²) in [5.41, 5.74) is 0. The molecule has 16 heavy (non-hydrogen) atoms. The predicted octanol–water partition coefficient (Wildman–Crippen LogP) is 4.00. The van der Waals surface area contributed by atoms with E-state index in [1.54, 1.807) is 0 Å². The lowest BCUT2D eigenvalue weighted by Gasteiger charge is -2.11. The monoisotopic (exact) mass is 248 g/mol. The van der Waals surface area contributed by atoms with E-state index in [-0.39, 0.29) is 5.75 Å². The standard InChI is InChI=1S/C12H15ClF2O/c1-9(5-7-13)6-8-16-12-10(14)3-2-4-11(12)15/h2-4,9H,5-8H2,1H3. The SMILES string of the molecule is CC(CCCl)CCOc1c(F)cccc1F. The van der Waals surface area contributed by atoms with Crippen molar-refractivity contribution in [2.24, 2.45) is 5.92 Å². The molecule has 0 saturated heterocycles. The summed E-state index contributed by atoms with van der Waals surface area (Å²) in [7, 11) is 0. The average Bonchev–Trinajstić information content (AvgIpc) is 2.23. The van der Waals surface area contributed by atoms with Gasteiger partial charge < -0.3 is 4.74 Å². The van der Waals surface area contributed by atoms with Crippen LogP contribution >= 0.6 is 11.6 Å². The van der Waals surface area contributed by atoms with Crippen LogP contribution in [0.25, 0.3) is 0 Å². The van der Waals surface area contributed by atoms with Crippen LogP contribution in [0.4, 0.5) is 8.78 Å². The summed E-state index contributed by atoms with van der Waals surface area (Å²) in [6.07, 6.45) is 1.62. The first-order valence-electron chi connectivity index (χ1n) is 5.28. The molecule has 1 aromatic rings. The molecule has 1 aromatic carbocycles. The first-order valence-corrected chi connectivity index (χ1v) is 5.81. The van der Waals surface area contributed by atoms with Gasteiger partial charge in [0.1, 0.15) is 0 Å². The minimum atomic E-state index is -0.662. The molecular weight excluding hydrogens is 234 g/mol. The van der Waals surface area contributed by atoms with Crippen molar-refractivity contribution < 1.29 is 13.5 Å². The van der Waals surface area contributed by atoms with Crippen molar-refractivity contribution in [1.82, 2.24) is 0 Å². The molecular formula is C12H15ClF2O. The number of rotatable bonds is 6. The van der Waals surface area contributed by atoms with Gasteiger partial charge in [0, 0.05) is 5.88 Å². The first kappa shape index (κ1) is 13.2. The predicted molar refractivity (Wildman–Crippen MR) is 61.0 cm³/mol. The fraction of sp³-hybridized carbons (Fsp3) is 0.500. The number of hydrogen-bond acceptors (Lipinski definition) is 1. The Kier molecular flexibility index (Phi) is 5.53. The van der Waals surface area contributed by atoms with E-state index in [0.717, 1.165) is 12.8 Å². The molecule has 0 saturated carbocycles. The third-order valence-electron chi connectivity index (χ3n) is 2.38. The maximum atomic E-state index is 13.1. The highest BCUT2D eigenvalue weighted by atomic mass is 35.5. The van der Waals surface area contributed by atoms with Crippen molar-refractivity contribution in [2.75, 3.05) is 12.5 Å². The molecule has 0 bridgehead atoms. The lowest BCUT2D eigenvalue weighted by Crippen LogP contribution is -2.06. The summed E-state index contributed by atoms with van der Waals surface area (Å²) >= 11 is 5.58. The zero-order valence-electron chi connectivity index (χ0n) is 9.18. The van der Waals surface area contributed by atoms with Crippen molar-refractivity contribution >= 4 is 11.6 Å². The van der Waals surface area contributed by atoms with Gasteiger partial charge in [-0.1, -0.05) is 13.0 Å². The van der Waals surface area contributed by atoms with Crippen LogP contribution in [0.2, 0.25) is 0 Å². The second-order valence-electron chi connectivity index (χ2n) is 3.77. The van der Waals surface area contributed by atoms with E-state index in [2.05, 4.69) is 0 Å². The van der Waals surface area contributed by atoms with E-state index in [4.69, 9.17) is 16.3 Å². The molecule has 1 rings (SSSR count). The Morgan fingerprint density at radius 1 is 1.25 bits per heavy atom. The lowest BCUT2D eigenvalue weighted by atomic mass is 10.1. The van der Waals surface area contributed by atoms with Gasteiger partial charge in [-0.05, 0) is 30.9 Å². The van der Waals surface area contributed by atoms with Gasteiger partial charge in [0.05, 0.1) is 6.61 Å². The maximum Gasteiger partial charge on any atom is 0.190 e. The third-order valence-corrected chi connectivity index (χ3v) is 2.60. The first-order chi connectivity index (χ1) is 7.65. The molecule has 90 valence electrons. The quantitative estimate of drug-likeness (QED) is 0.692. The molecule has 0 aliphatic heterocycles. The van der Waals surface area contributed by atoms with Crippen LogP contribution in [0.3, 0.4) is 0 Å². The van der Waals surface area contributed by atoms with Gasteiger partial charge in [0.25, 0.3) is 0 Å². The second-order valence-corrected chi connectivity index (χ2v) is 4.15. The van der Waals surface area contributed by atoms with Crippen LogP contribution in [-0.2, 0) is 0 Å². The van der Waals surface area contributed by atoms with Gasteiger partial charge in [0.2, 0.25) is 0 Å². The van der Waals surface area contributed by atoms with Gasteiger partial charge in [-0.3, -0.25) is 0 Å². The van der Waals surface area contributed by atoms with Crippen LogP contribution < -0.4 is 4.74 Å². The van der Waals surface area contributed by atoms with Gasteiger partial charge >= 0.3 is 0 Å². The highest BCUT2D eigenvalue weighted by Crippen LogP contribution is 2.21.